The molecule has 0 saturated heterocycles. The molecule has 10 heavy (non-hydrogen) atoms. The molecule has 0 rings (SSSR count). The molecule has 0 unspecified atom stereocenters. The first-order valence-electron chi connectivity index (χ1n) is 2.18. The van der Waals surface area contributed by atoms with Gasteiger partial charge < -0.3 is 11.3 Å². The van der Waals surface area contributed by atoms with Crippen LogP contribution in [0.4, 0.5) is 0 Å². The van der Waals surface area contributed by atoms with Crippen LogP contribution in [0.5, 0.6) is 0 Å². The zero-order chi connectivity index (χ0) is 7.33. The van der Waals surface area contributed by atoms with Crippen LogP contribution in [0.25, 0.3) is 0 Å². The van der Waals surface area contributed by atoms with Crippen molar-refractivity contribution >= 4 is 10.4 Å². The van der Waals surface area contributed by atoms with Crippen LogP contribution in [0.2, 0.25) is 0 Å². The van der Waals surface area contributed by atoms with E-state index in [0.717, 1.165) is 7.11 Å². The Morgan fingerprint density at radius 1 is 1.50 bits per heavy atom. The third kappa shape index (κ3) is 5.92. The number of hydrogen-bond acceptors (Lipinski definition) is 6. The SMILES string of the molecule is COS(=O)(=O)OCCO.N. The summed E-state index contributed by atoms with van der Waals surface area (Å²) >= 11 is 0. The summed E-state index contributed by atoms with van der Waals surface area (Å²) in [5, 5.41) is 8.08. The van der Waals surface area contributed by atoms with Crippen molar-refractivity contribution in [2.45, 2.75) is 0 Å². The summed E-state index contributed by atoms with van der Waals surface area (Å²) in [7, 11) is -2.86. The van der Waals surface area contributed by atoms with Crippen LogP contribution in [0.15, 0.2) is 0 Å². The molecule has 6 nitrogen and oxygen atoms in total. The van der Waals surface area contributed by atoms with Gasteiger partial charge in [0.1, 0.15) is 0 Å². The largest absolute Gasteiger partial charge is 0.399 e. The highest BCUT2D eigenvalue weighted by Crippen LogP contribution is 1.90. The number of aliphatic hydroxyl groups is 1. The van der Waals surface area contributed by atoms with Gasteiger partial charge in [0, 0.05) is 0 Å². The molecule has 0 aromatic carbocycles. The van der Waals surface area contributed by atoms with Crippen molar-refractivity contribution in [2.75, 3.05) is 20.3 Å². The Morgan fingerprint density at radius 3 is 2.30 bits per heavy atom. The Balaban J connectivity index is 0. The summed E-state index contributed by atoms with van der Waals surface area (Å²) in [4.78, 5) is 0. The predicted octanol–water partition coefficient (Wildman–Crippen LogP) is -0.952. The molecule has 4 N–H and O–H groups in total. The summed E-state index contributed by atoms with van der Waals surface area (Å²) in [5.74, 6) is 0. The molecule has 0 radical (unpaired) electrons. The van der Waals surface area contributed by atoms with E-state index < -0.39 is 10.4 Å². The van der Waals surface area contributed by atoms with Crippen LogP contribution in [-0.4, -0.2) is 33.8 Å². The van der Waals surface area contributed by atoms with E-state index >= 15 is 0 Å². The zero-order valence-corrected chi connectivity index (χ0v) is 6.43. The van der Waals surface area contributed by atoms with Gasteiger partial charge in [-0.3, -0.25) is 4.18 Å². The Bertz CT molecular complexity index is 152. The van der Waals surface area contributed by atoms with Crippen LogP contribution in [0, 0.1) is 0 Å². The second-order valence-corrected chi connectivity index (χ2v) is 2.51. The van der Waals surface area contributed by atoms with Gasteiger partial charge in [-0.1, -0.05) is 0 Å². The summed E-state index contributed by atoms with van der Waals surface area (Å²) in [5.41, 5.74) is 0. The molecule has 0 aromatic rings. The van der Waals surface area contributed by atoms with Crippen molar-refractivity contribution in [1.82, 2.24) is 6.15 Å². The summed E-state index contributed by atoms with van der Waals surface area (Å²) < 4.78 is 28.3. The average molecular weight is 173 g/mol. The van der Waals surface area contributed by atoms with E-state index in [1.165, 1.54) is 0 Å². The average Bonchev–Trinajstić information content (AvgIpc) is 1.84. The molecular weight excluding hydrogens is 162 g/mol. The lowest BCUT2D eigenvalue weighted by atomic mass is 10.8. The van der Waals surface area contributed by atoms with Gasteiger partial charge >= 0.3 is 10.4 Å². The van der Waals surface area contributed by atoms with Crippen LogP contribution in [-0.2, 0) is 18.8 Å². The summed E-state index contributed by atoms with van der Waals surface area (Å²) in [6.07, 6.45) is 0. The second kappa shape index (κ2) is 5.57. The van der Waals surface area contributed by atoms with Gasteiger partial charge in [-0.25, -0.2) is 4.18 Å². The molecular formula is C3H11NO5S. The van der Waals surface area contributed by atoms with Crippen molar-refractivity contribution in [3.8, 4) is 0 Å². The highest BCUT2D eigenvalue weighted by Gasteiger charge is 2.06. The molecule has 0 spiro atoms. The minimum Gasteiger partial charge on any atom is -0.394 e. The second-order valence-electron chi connectivity index (χ2n) is 1.12. The highest BCUT2D eigenvalue weighted by atomic mass is 32.3. The maximum atomic E-state index is 10.2. The Kier molecular flexibility index (Phi) is 6.94. The fraction of sp³-hybridized carbons (Fsp3) is 1.00. The monoisotopic (exact) mass is 173 g/mol. The topological polar surface area (TPSA) is 108 Å². The van der Waals surface area contributed by atoms with Gasteiger partial charge in [0.25, 0.3) is 0 Å². The van der Waals surface area contributed by atoms with E-state index in [1.54, 1.807) is 0 Å². The summed E-state index contributed by atoms with van der Waals surface area (Å²) in [6, 6.07) is 0. The Hall–Kier alpha value is -0.210. The van der Waals surface area contributed by atoms with Gasteiger partial charge in [-0.05, 0) is 0 Å². The van der Waals surface area contributed by atoms with E-state index in [4.69, 9.17) is 5.11 Å². The normalized spacial score (nSPS) is 10.6. The number of hydrogen-bond donors (Lipinski definition) is 2. The standard InChI is InChI=1S/C3H8O5S.H3N/c1-7-9(5,6)8-3-2-4;/h4H,2-3H2,1H3;1H3. The molecule has 0 saturated carbocycles. The lowest BCUT2D eigenvalue weighted by Gasteiger charge is -1.97. The Labute approximate surface area is 59.7 Å². The van der Waals surface area contributed by atoms with Gasteiger partial charge in [0.2, 0.25) is 0 Å². The summed E-state index contributed by atoms with van der Waals surface area (Å²) in [6.45, 7) is -0.612. The van der Waals surface area contributed by atoms with E-state index in [0.29, 0.717) is 0 Å². The minimum atomic E-state index is -3.84. The van der Waals surface area contributed by atoms with Gasteiger partial charge in [-0.15, -0.1) is 0 Å². The Morgan fingerprint density at radius 2 is 2.00 bits per heavy atom. The van der Waals surface area contributed by atoms with Crippen LogP contribution in [0.1, 0.15) is 0 Å². The molecule has 0 bridgehead atoms. The van der Waals surface area contributed by atoms with Crippen molar-refractivity contribution in [1.29, 1.82) is 0 Å². The molecule has 7 heteroatoms. The van der Waals surface area contributed by atoms with Crippen LogP contribution in [0.3, 0.4) is 0 Å². The lowest BCUT2D eigenvalue weighted by molar-refractivity contribution is 0.180. The molecule has 0 fully saturated rings. The van der Waals surface area contributed by atoms with Gasteiger partial charge in [-0.2, -0.15) is 8.42 Å². The quantitative estimate of drug-likeness (QED) is 0.567. The molecule has 0 heterocycles. The molecule has 0 aliphatic heterocycles. The molecule has 0 atom stereocenters. The highest BCUT2D eigenvalue weighted by molar-refractivity contribution is 7.81. The third-order valence-corrected chi connectivity index (χ3v) is 1.39. The number of rotatable bonds is 4. The number of aliphatic hydroxyl groups excluding tert-OH is 1. The van der Waals surface area contributed by atoms with Gasteiger partial charge in [0.05, 0.1) is 20.3 Å². The molecule has 64 valence electrons. The fourth-order valence-electron chi connectivity index (χ4n) is 0.187. The van der Waals surface area contributed by atoms with Crippen molar-refractivity contribution in [3.63, 3.8) is 0 Å². The molecule has 0 aliphatic rings. The van der Waals surface area contributed by atoms with Crippen LogP contribution >= 0.6 is 0 Å². The maximum absolute atomic E-state index is 10.2. The fourth-order valence-corrected chi connectivity index (χ4v) is 0.562. The van der Waals surface area contributed by atoms with E-state index in [-0.39, 0.29) is 19.4 Å². The molecule has 0 aromatic heterocycles. The van der Waals surface area contributed by atoms with E-state index in [9.17, 15) is 8.42 Å². The third-order valence-electron chi connectivity index (χ3n) is 0.523. The van der Waals surface area contributed by atoms with Crippen molar-refractivity contribution in [3.05, 3.63) is 0 Å². The van der Waals surface area contributed by atoms with Gasteiger partial charge in [0.15, 0.2) is 0 Å². The van der Waals surface area contributed by atoms with Crippen molar-refractivity contribution < 1.29 is 21.9 Å². The zero-order valence-electron chi connectivity index (χ0n) is 5.61. The predicted molar refractivity (Wildman–Crippen MR) is 34.0 cm³/mol. The first-order chi connectivity index (χ1) is 4.12. The minimum absolute atomic E-state index is 0. The molecule has 0 aliphatic carbocycles. The van der Waals surface area contributed by atoms with E-state index in [1.807, 2.05) is 0 Å². The van der Waals surface area contributed by atoms with Crippen molar-refractivity contribution in [2.24, 2.45) is 0 Å². The lowest BCUT2D eigenvalue weighted by Crippen LogP contribution is -2.10. The molecule has 0 amide bonds. The first kappa shape index (κ1) is 12.5. The smallest absolute Gasteiger partial charge is 0.394 e. The van der Waals surface area contributed by atoms with E-state index in [2.05, 4.69) is 8.37 Å². The maximum Gasteiger partial charge on any atom is 0.399 e. The van der Waals surface area contributed by atoms with Crippen LogP contribution < -0.4 is 6.15 Å². The first-order valence-corrected chi connectivity index (χ1v) is 3.51.